The summed E-state index contributed by atoms with van der Waals surface area (Å²) in [6.07, 6.45) is 15.4. The third-order valence-electron chi connectivity index (χ3n) is 5.93. The third kappa shape index (κ3) is 8.58. The van der Waals surface area contributed by atoms with Gasteiger partial charge >= 0.3 is 0 Å². The van der Waals surface area contributed by atoms with Gasteiger partial charge in [0.05, 0.1) is 12.0 Å². The maximum atomic E-state index is 11.9. The molecule has 2 heterocycles. The van der Waals surface area contributed by atoms with Crippen LogP contribution in [0, 0.1) is 5.92 Å². The molecule has 2 amide bonds. The number of rotatable bonds is 11. The molecule has 0 saturated carbocycles. The monoisotopic (exact) mass is 429 g/mol. The summed E-state index contributed by atoms with van der Waals surface area (Å²) in [7, 11) is 1.62. The van der Waals surface area contributed by atoms with Crippen molar-refractivity contribution in [1.82, 2.24) is 5.32 Å². The van der Waals surface area contributed by atoms with Crippen LogP contribution < -0.4 is 5.32 Å². The number of imide groups is 1. The van der Waals surface area contributed by atoms with Gasteiger partial charge in [0.1, 0.15) is 0 Å². The number of allylic oxidation sites excluding steroid dienone is 6. The van der Waals surface area contributed by atoms with Crippen LogP contribution in [0.25, 0.3) is 0 Å². The molecule has 1 N–H and O–H groups in total. The Morgan fingerprint density at radius 2 is 1.71 bits per heavy atom. The van der Waals surface area contributed by atoms with E-state index in [1.807, 2.05) is 0 Å². The molecular weight excluding hydrogens is 390 g/mol. The van der Waals surface area contributed by atoms with Crippen molar-refractivity contribution in [3.63, 3.8) is 0 Å². The molecule has 172 valence electrons. The van der Waals surface area contributed by atoms with Gasteiger partial charge in [-0.3, -0.25) is 14.9 Å². The van der Waals surface area contributed by atoms with Crippen molar-refractivity contribution >= 4 is 11.8 Å². The first-order valence-electron chi connectivity index (χ1n) is 11.5. The average Bonchev–Trinajstić information content (AvgIpc) is 3.05. The Morgan fingerprint density at radius 3 is 2.29 bits per heavy atom. The zero-order valence-corrected chi connectivity index (χ0v) is 19.8. The van der Waals surface area contributed by atoms with Gasteiger partial charge in [-0.1, -0.05) is 41.0 Å². The summed E-state index contributed by atoms with van der Waals surface area (Å²) in [5.74, 6) is -0.869. The maximum Gasteiger partial charge on any atom is 0.232 e. The molecule has 3 atom stereocenters. The van der Waals surface area contributed by atoms with Gasteiger partial charge in [0, 0.05) is 13.5 Å². The summed E-state index contributed by atoms with van der Waals surface area (Å²) >= 11 is 0. The first-order chi connectivity index (χ1) is 14.8. The van der Waals surface area contributed by atoms with Crippen LogP contribution in [0.2, 0.25) is 0 Å². The molecule has 0 aromatic carbocycles. The second-order valence-corrected chi connectivity index (χ2v) is 8.98. The Balaban J connectivity index is 1.77. The highest BCUT2D eigenvalue weighted by Crippen LogP contribution is 2.30. The van der Waals surface area contributed by atoms with E-state index >= 15 is 0 Å². The highest BCUT2D eigenvalue weighted by Gasteiger charge is 2.40. The molecule has 2 rings (SSSR count). The standard InChI is InChI=1S/C26H39NO4/c1-18(2)9-6-10-19(3)11-7-12-20(4)13-8-14-21-15-16-23(31-26(21)30-5)22-17-24(28)27-25(22)29/h9,11,13,15,22-23,26H,6-8,10,12,14,16-17H2,1-5H3,(H,27,28,29)/b19-11+,20-13+/t22-,23+,26-/m0/s1. The summed E-state index contributed by atoms with van der Waals surface area (Å²) in [6.45, 7) is 8.70. The molecule has 0 aliphatic carbocycles. The molecule has 5 nitrogen and oxygen atoms in total. The summed E-state index contributed by atoms with van der Waals surface area (Å²) < 4.78 is 11.5. The molecule has 0 radical (unpaired) electrons. The van der Waals surface area contributed by atoms with Crippen molar-refractivity contribution in [3.05, 3.63) is 46.6 Å². The van der Waals surface area contributed by atoms with Gasteiger partial charge in [0.2, 0.25) is 11.8 Å². The quantitative estimate of drug-likeness (QED) is 0.346. The number of nitrogens with one attached hydrogen (secondary N) is 1. The number of carbonyl (C=O) groups is 2. The first kappa shape index (κ1) is 25.3. The Morgan fingerprint density at radius 1 is 1.06 bits per heavy atom. The highest BCUT2D eigenvalue weighted by molar-refractivity contribution is 6.03. The van der Waals surface area contributed by atoms with Crippen LogP contribution in [0.4, 0.5) is 0 Å². The molecule has 0 spiro atoms. The molecule has 2 aliphatic heterocycles. The lowest BCUT2D eigenvalue weighted by atomic mass is 9.93. The van der Waals surface area contributed by atoms with Crippen LogP contribution in [0.15, 0.2) is 46.6 Å². The number of hydrogen-bond acceptors (Lipinski definition) is 4. The molecule has 0 bridgehead atoms. The zero-order chi connectivity index (χ0) is 22.8. The molecular formula is C26H39NO4. The molecule has 1 fully saturated rings. The van der Waals surface area contributed by atoms with Crippen molar-refractivity contribution in [2.75, 3.05) is 7.11 Å². The molecule has 31 heavy (non-hydrogen) atoms. The van der Waals surface area contributed by atoms with Crippen molar-refractivity contribution in [1.29, 1.82) is 0 Å². The van der Waals surface area contributed by atoms with Gasteiger partial charge in [-0.05, 0) is 78.2 Å². The number of carbonyl (C=O) groups excluding carboxylic acids is 2. The van der Waals surface area contributed by atoms with E-state index in [9.17, 15) is 9.59 Å². The fraction of sp³-hybridized carbons (Fsp3) is 0.615. The smallest absolute Gasteiger partial charge is 0.232 e. The Bertz CT molecular complexity index is 755. The fourth-order valence-corrected chi connectivity index (χ4v) is 4.05. The predicted octanol–water partition coefficient (Wildman–Crippen LogP) is 5.54. The highest BCUT2D eigenvalue weighted by atomic mass is 16.7. The molecule has 0 aromatic rings. The normalized spacial score (nSPS) is 24.8. The molecule has 5 heteroatoms. The predicted molar refractivity (Wildman–Crippen MR) is 124 cm³/mol. The fourth-order valence-electron chi connectivity index (χ4n) is 4.05. The van der Waals surface area contributed by atoms with Crippen LogP contribution in [0.5, 0.6) is 0 Å². The number of methoxy groups -OCH3 is 1. The minimum atomic E-state index is -0.442. The van der Waals surface area contributed by atoms with E-state index < -0.39 is 12.2 Å². The molecule has 0 unspecified atom stereocenters. The number of ether oxygens (including phenoxy) is 2. The van der Waals surface area contributed by atoms with Crippen LogP contribution in [0.3, 0.4) is 0 Å². The molecule has 2 aliphatic rings. The second kappa shape index (κ2) is 12.8. The van der Waals surface area contributed by atoms with E-state index in [1.165, 1.54) is 16.7 Å². The van der Waals surface area contributed by atoms with Crippen LogP contribution in [-0.4, -0.2) is 31.3 Å². The van der Waals surface area contributed by atoms with E-state index in [-0.39, 0.29) is 24.3 Å². The maximum absolute atomic E-state index is 11.9. The van der Waals surface area contributed by atoms with Gasteiger partial charge in [0.15, 0.2) is 6.29 Å². The Labute approximate surface area is 187 Å². The van der Waals surface area contributed by atoms with Crippen molar-refractivity contribution < 1.29 is 19.1 Å². The summed E-state index contributed by atoms with van der Waals surface area (Å²) in [6, 6.07) is 0. The lowest BCUT2D eigenvalue weighted by Gasteiger charge is -2.31. The molecule has 1 saturated heterocycles. The van der Waals surface area contributed by atoms with Gasteiger partial charge in [-0.2, -0.15) is 0 Å². The summed E-state index contributed by atoms with van der Waals surface area (Å²) in [5, 5.41) is 2.36. The molecule has 0 aromatic heterocycles. The third-order valence-corrected chi connectivity index (χ3v) is 5.93. The van der Waals surface area contributed by atoms with E-state index in [0.29, 0.717) is 6.42 Å². The van der Waals surface area contributed by atoms with Crippen LogP contribution in [-0.2, 0) is 19.1 Å². The second-order valence-electron chi connectivity index (χ2n) is 8.98. The summed E-state index contributed by atoms with van der Waals surface area (Å²) in [4.78, 5) is 23.4. The van der Waals surface area contributed by atoms with Crippen molar-refractivity contribution in [2.24, 2.45) is 5.92 Å². The van der Waals surface area contributed by atoms with Gasteiger partial charge < -0.3 is 9.47 Å². The summed E-state index contributed by atoms with van der Waals surface area (Å²) in [5.41, 5.74) is 5.36. The van der Waals surface area contributed by atoms with Crippen molar-refractivity contribution in [3.8, 4) is 0 Å². The minimum Gasteiger partial charge on any atom is -0.352 e. The first-order valence-corrected chi connectivity index (χ1v) is 11.5. The largest absolute Gasteiger partial charge is 0.352 e. The van der Waals surface area contributed by atoms with Gasteiger partial charge in [0.25, 0.3) is 0 Å². The Kier molecular flexibility index (Phi) is 10.4. The van der Waals surface area contributed by atoms with E-state index in [0.717, 1.165) is 44.1 Å². The number of hydrogen-bond donors (Lipinski definition) is 1. The van der Waals surface area contributed by atoms with Gasteiger partial charge in [-0.15, -0.1) is 0 Å². The van der Waals surface area contributed by atoms with Crippen LogP contribution >= 0.6 is 0 Å². The van der Waals surface area contributed by atoms with Gasteiger partial charge in [-0.25, -0.2) is 0 Å². The lowest BCUT2D eigenvalue weighted by molar-refractivity contribution is -0.160. The Hall–Kier alpha value is -1.98. The average molecular weight is 430 g/mol. The SMILES string of the molecule is CO[C@H]1O[C@@H]([C@@H]2CC(=O)NC2=O)CC=C1CC/C=C(\C)CC/C=C(\C)CCC=C(C)C. The lowest BCUT2D eigenvalue weighted by Crippen LogP contribution is -2.37. The van der Waals surface area contributed by atoms with Crippen LogP contribution in [0.1, 0.15) is 79.1 Å². The minimum absolute atomic E-state index is 0.202. The zero-order valence-electron chi connectivity index (χ0n) is 19.8. The van der Waals surface area contributed by atoms with Crippen molar-refractivity contribution in [2.45, 2.75) is 91.5 Å². The van der Waals surface area contributed by atoms with E-state index in [1.54, 1.807) is 7.11 Å². The van der Waals surface area contributed by atoms with E-state index in [2.05, 4.69) is 57.3 Å². The number of amides is 2. The topological polar surface area (TPSA) is 64.6 Å². The van der Waals surface area contributed by atoms with E-state index in [4.69, 9.17) is 9.47 Å².